The smallest absolute Gasteiger partial charge is 0.0483 e. The maximum atomic E-state index is 4.62. The summed E-state index contributed by atoms with van der Waals surface area (Å²) in [5, 5.41) is 0. The summed E-state index contributed by atoms with van der Waals surface area (Å²) in [6.45, 7) is 6.35. The zero-order chi connectivity index (χ0) is 10.8. The third kappa shape index (κ3) is 2.01. The largest absolute Gasteiger partial charge is 0.262 e. The molecule has 0 radical (unpaired) electrons. The summed E-state index contributed by atoms with van der Waals surface area (Å²) in [5.41, 5.74) is 3.70. The molecule has 2 aliphatic carbocycles. The van der Waals surface area contributed by atoms with Crippen molar-refractivity contribution in [2.24, 2.45) is 16.8 Å². The van der Waals surface area contributed by atoms with Crippen molar-refractivity contribution in [3.05, 3.63) is 47.7 Å². The standard InChI is InChI=1S/C14H17N/c1-10(2)15-13-9-5-8-12-7-4-6-11(3)14(12)13/h4-9,11,14H,1-3H3. The third-order valence-corrected chi connectivity index (χ3v) is 2.82. The second-order valence-corrected chi connectivity index (χ2v) is 4.40. The van der Waals surface area contributed by atoms with Crippen molar-refractivity contribution in [3.63, 3.8) is 0 Å². The Morgan fingerprint density at radius 2 is 2.00 bits per heavy atom. The Balaban J connectivity index is 2.38. The second-order valence-electron chi connectivity index (χ2n) is 4.40. The van der Waals surface area contributed by atoms with Crippen molar-refractivity contribution in [3.8, 4) is 0 Å². The molecule has 0 fully saturated rings. The summed E-state index contributed by atoms with van der Waals surface area (Å²) in [6, 6.07) is 0. The van der Waals surface area contributed by atoms with Crippen LogP contribution < -0.4 is 0 Å². The highest BCUT2D eigenvalue weighted by molar-refractivity contribution is 5.80. The quantitative estimate of drug-likeness (QED) is 0.571. The topological polar surface area (TPSA) is 12.4 Å². The molecule has 1 heteroatoms. The lowest BCUT2D eigenvalue weighted by Gasteiger charge is -2.28. The van der Waals surface area contributed by atoms with Gasteiger partial charge in [-0.25, -0.2) is 0 Å². The number of hydrogen-bond donors (Lipinski definition) is 0. The van der Waals surface area contributed by atoms with E-state index >= 15 is 0 Å². The summed E-state index contributed by atoms with van der Waals surface area (Å²) >= 11 is 0. The summed E-state index contributed by atoms with van der Waals surface area (Å²) in [4.78, 5) is 4.62. The summed E-state index contributed by atoms with van der Waals surface area (Å²) in [6.07, 6.45) is 13.0. The first-order valence-corrected chi connectivity index (χ1v) is 5.47. The van der Waals surface area contributed by atoms with Gasteiger partial charge in [0.15, 0.2) is 0 Å². The number of rotatable bonds is 1. The highest BCUT2D eigenvalue weighted by Crippen LogP contribution is 2.36. The van der Waals surface area contributed by atoms with Gasteiger partial charge in [-0.05, 0) is 31.4 Å². The number of allylic oxidation sites excluding steroid dienone is 7. The van der Waals surface area contributed by atoms with Crippen LogP contribution in [-0.2, 0) is 0 Å². The Kier molecular flexibility index (Phi) is 2.72. The van der Waals surface area contributed by atoms with Gasteiger partial charge in [0.1, 0.15) is 0 Å². The Morgan fingerprint density at radius 1 is 1.20 bits per heavy atom. The average molecular weight is 199 g/mol. The Bertz CT molecular complexity index is 401. The van der Waals surface area contributed by atoms with E-state index in [9.17, 15) is 0 Å². The van der Waals surface area contributed by atoms with Gasteiger partial charge < -0.3 is 0 Å². The molecule has 2 aliphatic rings. The molecule has 2 rings (SSSR count). The van der Waals surface area contributed by atoms with Crippen LogP contribution in [0.3, 0.4) is 0 Å². The molecule has 0 bridgehead atoms. The first kappa shape index (κ1) is 10.2. The van der Waals surface area contributed by atoms with Crippen LogP contribution in [0.4, 0.5) is 0 Å². The van der Waals surface area contributed by atoms with E-state index in [0.717, 1.165) is 5.71 Å². The van der Waals surface area contributed by atoms with Crippen molar-refractivity contribution in [1.29, 1.82) is 0 Å². The van der Waals surface area contributed by atoms with Crippen LogP contribution in [0, 0.1) is 11.8 Å². The summed E-state index contributed by atoms with van der Waals surface area (Å²) < 4.78 is 0. The van der Waals surface area contributed by atoms with Gasteiger partial charge in [0, 0.05) is 17.3 Å². The zero-order valence-electron chi connectivity index (χ0n) is 9.57. The molecule has 0 aromatic rings. The first-order chi connectivity index (χ1) is 7.18. The van der Waals surface area contributed by atoms with Crippen LogP contribution in [0.25, 0.3) is 0 Å². The minimum Gasteiger partial charge on any atom is -0.262 e. The fraction of sp³-hybridized carbons (Fsp3) is 0.357. The van der Waals surface area contributed by atoms with Crippen LogP contribution in [-0.4, -0.2) is 5.71 Å². The molecular weight excluding hydrogens is 182 g/mol. The van der Waals surface area contributed by atoms with Crippen LogP contribution in [0.2, 0.25) is 0 Å². The molecule has 0 aromatic heterocycles. The lowest BCUT2D eigenvalue weighted by molar-refractivity contribution is 0.549. The number of hydrogen-bond acceptors (Lipinski definition) is 1. The van der Waals surface area contributed by atoms with E-state index in [4.69, 9.17) is 0 Å². The molecule has 0 saturated carbocycles. The highest BCUT2D eigenvalue weighted by Gasteiger charge is 2.25. The monoisotopic (exact) mass is 199 g/mol. The molecule has 0 amide bonds. The molecule has 0 aliphatic heterocycles. The molecule has 0 heterocycles. The second kappa shape index (κ2) is 4.01. The Morgan fingerprint density at radius 3 is 2.73 bits per heavy atom. The van der Waals surface area contributed by atoms with Crippen molar-refractivity contribution < 1.29 is 0 Å². The van der Waals surface area contributed by atoms with E-state index in [2.05, 4.69) is 48.4 Å². The minimum absolute atomic E-state index is 0.454. The van der Waals surface area contributed by atoms with E-state index < -0.39 is 0 Å². The number of nitrogens with zero attached hydrogens (tertiary/aromatic N) is 1. The SMILES string of the molecule is CC(C)=NC1=CC=CC2=CC=CC(C)C21. The normalized spacial score (nSPS) is 27.9. The fourth-order valence-corrected chi connectivity index (χ4v) is 2.19. The maximum absolute atomic E-state index is 4.62. The van der Waals surface area contributed by atoms with E-state index in [1.807, 2.05) is 13.8 Å². The molecule has 0 aromatic carbocycles. The van der Waals surface area contributed by atoms with Gasteiger partial charge >= 0.3 is 0 Å². The van der Waals surface area contributed by atoms with Crippen molar-refractivity contribution in [2.45, 2.75) is 20.8 Å². The lowest BCUT2D eigenvalue weighted by atomic mass is 9.79. The summed E-state index contributed by atoms with van der Waals surface area (Å²) in [5.74, 6) is 0.999. The van der Waals surface area contributed by atoms with E-state index in [1.165, 1.54) is 11.3 Å². The van der Waals surface area contributed by atoms with E-state index in [0.29, 0.717) is 11.8 Å². The van der Waals surface area contributed by atoms with Gasteiger partial charge in [0.2, 0.25) is 0 Å². The molecule has 2 unspecified atom stereocenters. The van der Waals surface area contributed by atoms with Gasteiger partial charge in [0.05, 0.1) is 0 Å². The van der Waals surface area contributed by atoms with Crippen LogP contribution >= 0.6 is 0 Å². The van der Waals surface area contributed by atoms with Crippen molar-refractivity contribution >= 4 is 5.71 Å². The van der Waals surface area contributed by atoms with Crippen LogP contribution in [0.15, 0.2) is 52.7 Å². The minimum atomic E-state index is 0.454. The van der Waals surface area contributed by atoms with Gasteiger partial charge in [-0.15, -0.1) is 0 Å². The lowest BCUT2D eigenvalue weighted by Crippen LogP contribution is -2.18. The number of aliphatic imine (C=N–C) groups is 1. The van der Waals surface area contributed by atoms with Crippen molar-refractivity contribution in [1.82, 2.24) is 0 Å². The molecule has 0 saturated heterocycles. The number of fused-ring (bicyclic) bond motifs is 1. The summed E-state index contributed by atoms with van der Waals surface area (Å²) in [7, 11) is 0. The van der Waals surface area contributed by atoms with E-state index in [-0.39, 0.29) is 0 Å². The predicted octanol–water partition coefficient (Wildman–Crippen LogP) is 3.67. The van der Waals surface area contributed by atoms with Gasteiger partial charge in [0.25, 0.3) is 0 Å². The van der Waals surface area contributed by atoms with E-state index in [1.54, 1.807) is 0 Å². The zero-order valence-corrected chi connectivity index (χ0v) is 9.57. The first-order valence-electron chi connectivity index (χ1n) is 5.47. The van der Waals surface area contributed by atoms with Gasteiger partial charge in [-0.1, -0.05) is 37.3 Å². The maximum Gasteiger partial charge on any atom is 0.0483 e. The predicted molar refractivity (Wildman–Crippen MR) is 65.9 cm³/mol. The van der Waals surface area contributed by atoms with Crippen LogP contribution in [0.5, 0.6) is 0 Å². The molecule has 78 valence electrons. The third-order valence-electron chi connectivity index (χ3n) is 2.82. The highest BCUT2D eigenvalue weighted by atomic mass is 14.8. The van der Waals surface area contributed by atoms with Gasteiger partial charge in [-0.2, -0.15) is 0 Å². The molecular formula is C14H17N. The Hall–Kier alpha value is -1.37. The Labute approximate surface area is 91.6 Å². The average Bonchev–Trinajstić information content (AvgIpc) is 2.17. The molecule has 0 N–H and O–H groups in total. The molecule has 15 heavy (non-hydrogen) atoms. The molecule has 1 nitrogen and oxygen atoms in total. The molecule has 0 spiro atoms. The molecule has 2 atom stereocenters. The van der Waals surface area contributed by atoms with Gasteiger partial charge in [-0.3, -0.25) is 4.99 Å². The fourth-order valence-electron chi connectivity index (χ4n) is 2.19. The van der Waals surface area contributed by atoms with Crippen molar-refractivity contribution in [2.75, 3.05) is 0 Å². The van der Waals surface area contributed by atoms with Crippen LogP contribution in [0.1, 0.15) is 20.8 Å².